The summed E-state index contributed by atoms with van der Waals surface area (Å²) in [6, 6.07) is 56.5. The summed E-state index contributed by atoms with van der Waals surface area (Å²) >= 11 is 0. The summed E-state index contributed by atoms with van der Waals surface area (Å²) in [5, 5.41) is 20.2. The van der Waals surface area contributed by atoms with Crippen molar-refractivity contribution in [2.75, 3.05) is 13.3 Å². The summed E-state index contributed by atoms with van der Waals surface area (Å²) in [6.45, 7) is 6.60. The Bertz CT molecular complexity index is 2080. The molecular weight excluding hydrogens is 922 g/mol. The van der Waals surface area contributed by atoms with Crippen molar-refractivity contribution in [2.24, 2.45) is 0 Å². The third kappa shape index (κ3) is 13.6. The molecule has 8 rings (SSSR count). The van der Waals surface area contributed by atoms with Crippen LogP contribution in [0.15, 0.2) is 182 Å². The predicted octanol–water partition coefficient (Wildman–Crippen LogP) is 8.49. The first-order valence-corrected chi connectivity index (χ1v) is 21.4. The second-order valence-electron chi connectivity index (χ2n) is 12.1. The van der Waals surface area contributed by atoms with Gasteiger partial charge in [-0.15, -0.1) is 0 Å². The molecule has 8 aromatic rings. The molecule has 56 heavy (non-hydrogen) atoms. The van der Waals surface area contributed by atoms with Crippen molar-refractivity contribution in [1.29, 1.82) is 0 Å². The molecule has 0 saturated carbocycles. The SMILES string of the molecule is C[PH+](c1ccccc1)c1ccccc1.C[PH+](c1ccccc1)c1ccccc1.Cc1cc(-c2ccccn2)[n-]n1.FC(F)(F)c1cc(-c2ccccn2)[n-]n1.[Os+2]. The average molecular weight is 963 g/mol. The third-order valence-electron chi connectivity index (χ3n) is 8.17. The maximum absolute atomic E-state index is 12.2. The van der Waals surface area contributed by atoms with Gasteiger partial charge < -0.3 is 20.4 Å². The van der Waals surface area contributed by atoms with Crippen LogP contribution in [0.3, 0.4) is 0 Å². The first-order chi connectivity index (χ1) is 26.7. The molecule has 0 aliphatic heterocycles. The summed E-state index contributed by atoms with van der Waals surface area (Å²) in [4.78, 5) is 8.03. The number of hydrogen-bond acceptors (Lipinski definition) is 4. The number of nitrogens with zero attached hydrogens (tertiary/aromatic N) is 6. The first kappa shape index (κ1) is 43.6. The second-order valence-corrected chi connectivity index (χ2v) is 16.9. The normalized spacial score (nSPS) is 10.5. The molecule has 4 aromatic heterocycles. The van der Waals surface area contributed by atoms with Gasteiger partial charge in [0.15, 0.2) is 0 Å². The molecular formula is C44H41F3N6OsP2+2. The number of hydrogen-bond donors (Lipinski definition) is 0. The van der Waals surface area contributed by atoms with E-state index in [1.807, 2.05) is 31.2 Å². The fourth-order valence-corrected chi connectivity index (χ4v) is 8.62. The zero-order chi connectivity index (χ0) is 38.9. The van der Waals surface area contributed by atoms with Gasteiger partial charge in [-0.3, -0.25) is 9.97 Å². The molecule has 0 atom stereocenters. The minimum absolute atomic E-state index is 0. The van der Waals surface area contributed by atoms with Crippen LogP contribution in [0.4, 0.5) is 13.2 Å². The minimum Gasteiger partial charge on any atom is -0.574 e. The Morgan fingerprint density at radius 2 is 0.804 bits per heavy atom. The van der Waals surface area contributed by atoms with E-state index >= 15 is 0 Å². The molecule has 6 nitrogen and oxygen atoms in total. The number of benzene rings is 4. The first-order valence-electron chi connectivity index (χ1n) is 17.4. The maximum Gasteiger partial charge on any atom is 2.00 e. The molecule has 4 aromatic carbocycles. The van der Waals surface area contributed by atoms with E-state index in [0.717, 1.165) is 23.1 Å². The zero-order valence-corrected chi connectivity index (χ0v) is 35.5. The number of pyridine rings is 2. The van der Waals surface area contributed by atoms with E-state index in [1.165, 1.54) is 27.4 Å². The number of halogens is 3. The van der Waals surface area contributed by atoms with Crippen LogP contribution in [0.5, 0.6) is 0 Å². The minimum atomic E-state index is -4.46. The number of aromatic nitrogens is 6. The summed E-state index contributed by atoms with van der Waals surface area (Å²) in [6.07, 6.45) is -1.23. The molecule has 0 saturated heterocycles. The smallest absolute Gasteiger partial charge is 0.574 e. The van der Waals surface area contributed by atoms with Gasteiger partial charge in [-0.05, 0) is 85.8 Å². The topological polar surface area (TPSA) is 79.8 Å². The summed E-state index contributed by atoms with van der Waals surface area (Å²) in [5.74, 6) is 0. The molecule has 4 heterocycles. The second kappa shape index (κ2) is 22.4. The van der Waals surface area contributed by atoms with Gasteiger partial charge in [-0.2, -0.15) is 13.2 Å². The maximum atomic E-state index is 12.2. The van der Waals surface area contributed by atoms with Gasteiger partial charge in [0, 0.05) is 29.5 Å². The Labute approximate surface area is 341 Å². The fourth-order valence-electron chi connectivity index (χ4n) is 5.19. The number of rotatable bonds is 6. The van der Waals surface area contributed by atoms with Crippen LogP contribution in [0, 0.1) is 6.92 Å². The molecule has 0 unspecified atom stereocenters. The fraction of sp³-hybridized carbons (Fsp3) is 0.0909. The van der Waals surface area contributed by atoms with Gasteiger partial charge >= 0.3 is 26.0 Å². The quantitative estimate of drug-likeness (QED) is 0.156. The van der Waals surface area contributed by atoms with Gasteiger partial charge in [0.05, 0.1) is 50.4 Å². The van der Waals surface area contributed by atoms with Gasteiger partial charge in [-0.1, -0.05) is 102 Å². The number of alkyl halides is 3. The molecule has 284 valence electrons. The van der Waals surface area contributed by atoms with E-state index < -0.39 is 27.7 Å². The largest absolute Gasteiger partial charge is 2.00 e. The molecule has 0 bridgehead atoms. The van der Waals surface area contributed by atoms with Gasteiger partial charge in [0.25, 0.3) is 0 Å². The van der Waals surface area contributed by atoms with Crippen LogP contribution >= 0.6 is 15.8 Å². The summed E-state index contributed by atoms with van der Waals surface area (Å²) in [7, 11) is -1.09. The van der Waals surface area contributed by atoms with Crippen LogP contribution in [0.25, 0.3) is 22.8 Å². The van der Waals surface area contributed by atoms with Crippen molar-refractivity contribution in [3.8, 4) is 22.8 Å². The molecule has 0 amide bonds. The van der Waals surface area contributed by atoms with E-state index in [1.54, 1.807) is 24.4 Å². The average Bonchev–Trinajstić information content (AvgIpc) is 3.94. The van der Waals surface area contributed by atoms with Crippen LogP contribution in [0.1, 0.15) is 11.4 Å². The summed E-state index contributed by atoms with van der Waals surface area (Å²) in [5.41, 5.74) is 2.15. The van der Waals surface area contributed by atoms with Crippen molar-refractivity contribution in [3.63, 3.8) is 0 Å². The van der Waals surface area contributed by atoms with Gasteiger partial charge in [0.2, 0.25) is 0 Å². The van der Waals surface area contributed by atoms with Gasteiger partial charge in [0.1, 0.15) is 5.69 Å². The van der Waals surface area contributed by atoms with Crippen LogP contribution in [-0.4, -0.2) is 33.5 Å². The Hall–Kier alpha value is -5.11. The van der Waals surface area contributed by atoms with Crippen molar-refractivity contribution < 1.29 is 33.0 Å². The molecule has 0 fully saturated rings. The third-order valence-corrected chi connectivity index (χ3v) is 13.0. The Kier molecular flexibility index (Phi) is 17.5. The Morgan fingerprint density at radius 1 is 0.464 bits per heavy atom. The molecule has 0 spiro atoms. The zero-order valence-electron chi connectivity index (χ0n) is 31.0. The van der Waals surface area contributed by atoms with E-state index in [0.29, 0.717) is 5.69 Å². The monoisotopic (exact) mass is 964 g/mol. The van der Waals surface area contributed by atoms with Crippen molar-refractivity contribution in [3.05, 3.63) is 194 Å². The predicted molar refractivity (Wildman–Crippen MR) is 224 cm³/mol. The molecule has 12 heteroatoms. The standard InChI is InChI=1S/2C13H13P.C9H5F3N3.C9H8N3.Os/c2*1-14(12-8-4-2-5-9-12)13-10-6-3-7-11-13;10-9(11,12)8-5-7(14-15-8)6-3-1-2-4-13-6;1-7-6-9(12-11-7)8-4-2-3-5-10-8;/h2*2-11H,1H3;1-5H;2-6H,1H3;/q;;2*-1;+2/p+2. The van der Waals surface area contributed by atoms with Crippen LogP contribution in [0.2, 0.25) is 0 Å². The van der Waals surface area contributed by atoms with Crippen molar-refractivity contribution in [1.82, 2.24) is 30.4 Å². The van der Waals surface area contributed by atoms with E-state index in [9.17, 15) is 13.2 Å². The van der Waals surface area contributed by atoms with E-state index in [4.69, 9.17) is 0 Å². The van der Waals surface area contributed by atoms with Crippen molar-refractivity contribution >= 4 is 37.1 Å². The van der Waals surface area contributed by atoms with Gasteiger partial charge in [-0.25, -0.2) is 0 Å². The summed E-state index contributed by atoms with van der Waals surface area (Å²) < 4.78 is 36.6. The van der Waals surface area contributed by atoms with Crippen molar-refractivity contribution in [2.45, 2.75) is 13.1 Å². The molecule has 0 aliphatic carbocycles. The van der Waals surface area contributed by atoms with Crippen LogP contribution in [-0.2, 0) is 26.0 Å². The van der Waals surface area contributed by atoms with E-state index in [2.05, 4.69) is 165 Å². The molecule has 0 N–H and O–H groups in total. The Morgan fingerprint density at radius 3 is 1.09 bits per heavy atom. The number of aryl methyl sites for hydroxylation is 1. The molecule has 0 radical (unpaired) electrons. The molecule has 0 aliphatic rings. The Balaban J connectivity index is 0.000000165. The van der Waals surface area contributed by atoms with E-state index in [-0.39, 0.29) is 25.5 Å². The van der Waals surface area contributed by atoms with Crippen LogP contribution < -0.4 is 31.4 Å².